The molecule has 2 rings (SSSR count). The summed E-state index contributed by atoms with van der Waals surface area (Å²) in [5.74, 6) is -1.79. The smallest absolute Gasteiger partial charge is 0.338 e. The summed E-state index contributed by atoms with van der Waals surface area (Å²) in [7, 11) is 0. The van der Waals surface area contributed by atoms with Gasteiger partial charge < -0.3 is 25.2 Å². The van der Waals surface area contributed by atoms with Crippen LogP contribution in [0.1, 0.15) is 32.4 Å². The zero-order valence-electron chi connectivity index (χ0n) is 14.5. The summed E-state index contributed by atoms with van der Waals surface area (Å²) in [4.78, 5) is 34.5. The number of ether oxygens (including phenoxy) is 2. The third kappa shape index (κ3) is 3.68. The van der Waals surface area contributed by atoms with Crippen molar-refractivity contribution < 1.29 is 29.1 Å². The minimum atomic E-state index is -1.03. The second-order valence-corrected chi connectivity index (χ2v) is 5.35. The number of nitrogens with one attached hydrogen (secondary N) is 2. The van der Waals surface area contributed by atoms with Gasteiger partial charge in [0.1, 0.15) is 5.75 Å². The van der Waals surface area contributed by atoms with E-state index in [0.29, 0.717) is 0 Å². The Hall–Kier alpha value is -3.30. The molecule has 0 radical (unpaired) electrons. The summed E-state index contributed by atoms with van der Waals surface area (Å²) in [6.07, 6.45) is 0. The molecule has 0 aromatic heterocycles. The van der Waals surface area contributed by atoms with Crippen molar-refractivity contribution in [1.29, 1.82) is 0 Å². The third-order valence-electron chi connectivity index (χ3n) is 3.65. The van der Waals surface area contributed by atoms with Gasteiger partial charge in [0.25, 0.3) is 5.69 Å². The number of carbonyl (C=O) groups is 2. The van der Waals surface area contributed by atoms with Crippen molar-refractivity contribution >= 4 is 17.7 Å². The summed E-state index contributed by atoms with van der Waals surface area (Å²) in [6, 6.07) is 0.684. The predicted molar refractivity (Wildman–Crippen MR) is 87.5 cm³/mol. The molecule has 0 saturated heterocycles. The molecule has 1 aromatic rings. The van der Waals surface area contributed by atoms with Crippen LogP contribution < -0.4 is 20.5 Å². The molecular formula is C16H18N3O7-. The molecule has 1 atom stereocenters. The van der Waals surface area contributed by atoms with Gasteiger partial charge in [0.15, 0.2) is 0 Å². The summed E-state index contributed by atoms with van der Waals surface area (Å²) < 4.78 is 10.2. The van der Waals surface area contributed by atoms with Gasteiger partial charge in [-0.25, -0.2) is 9.59 Å². The highest BCUT2D eigenvalue weighted by Gasteiger charge is 2.33. The number of benzene rings is 1. The Balaban J connectivity index is 2.62. The number of hydrogen-bond donors (Lipinski definition) is 2. The summed E-state index contributed by atoms with van der Waals surface area (Å²) in [5, 5.41) is 28.3. The maximum Gasteiger partial charge on any atom is 0.338 e. The Kier molecular flexibility index (Phi) is 5.65. The second kappa shape index (κ2) is 7.72. The molecule has 0 unspecified atom stereocenters. The highest BCUT2D eigenvalue weighted by atomic mass is 16.6. The maximum atomic E-state index is 12.3. The van der Waals surface area contributed by atoms with Crippen LogP contribution in [0.15, 0.2) is 23.4 Å². The van der Waals surface area contributed by atoms with E-state index in [1.54, 1.807) is 13.8 Å². The summed E-state index contributed by atoms with van der Waals surface area (Å²) in [5.41, 5.74) is -0.206. The van der Waals surface area contributed by atoms with E-state index >= 15 is 0 Å². The van der Waals surface area contributed by atoms with Crippen LogP contribution in [0.3, 0.4) is 0 Å². The highest BCUT2D eigenvalue weighted by Crippen LogP contribution is 2.39. The second-order valence-electron chi connectivity index (χ2n) is 5.35. The molecule has 10 heteroatoms. The molecule has 2 amide bonds. The van der Waals surface area contributed by atoms with Gasteiger partial charge in [0.2, 0.25) is 0 Å². The van der Waals surface area contributed by atoms with Gasteiger partial charge in [-0.2, -0.15) is 0 Å². The molecule has 0 spiro atoms. The van der Waals surface area contributed by atoms with Crippen molar-refractivity contribution in [2.24, 2.45) is 0 Å². The van der Waals surface area contributed by atoms with Crippen LogP contribution in [0.5, 0.6) is 11.5 Å². The third-order valence-corrected chi connectivity index (χ3v) is 3.65. The predicted octanol–water partition coefficient (Wildman–Crippen LogP) is 1.26. The zero-order chi connectivity index (χ0) is 19.4. The van der Waals surface area contributed by atoms with Crippen LogP contribution in [0.2, 0.25) is 0 Å². The molecule has 1 aliphatic heterocycles. The lowest BCUT2D eigenvalue weighted by atomic mass is 9.94. The largest absolute Gasteiger partial charge is 0.865 e. The number of allylic oxidation sites excluding steroid dienone is 1. The number of nitro benzene ring substituents is 1. The van der Waals surface area contributed by atoms with Crippen LogP contribution >= 0.6 is 0 Å². The van der Waals surface area contributed by atoms with E-state index in [0.717, 1.165) is 6.07 Å². The Bertz CT molecular complexity index is 788. The minimum Gasteiger partial charge on any atom is -0.865 e. The summed E-state index contributed by atoms with van der Waals surface area (Å²) in [6.45, 7) is 4.99. The van der Waals surface area contributed by atoms with E-state index in [2.05, 4.69) is 10.6 Å². The van der Waals surface area contributed by atoms with E-state index in [9.17, 15) is 24.8 Å². The average molecular weight is 364 g/mol. The van der Waals surface area contributed by atoms with Gasteiger partial charge in [0.05, 0.1) is 29.8 Å². The molecule has 0 bridgehead atoms. The fourth-order valence-electron chi connectivity index (χ4n) is 2.60. The molecule has 0 fully saturated rings. The topological polar surface area (TPSA) is 143 Å². The van der Waals surface area contributed by atoms with E-state index in [4.69, 9.17) is 9.47 Å². The standard InChI is InChI=1S/C16H19N3O7/c1-4-25-11-7-9(6-10(14(11)20)19(23)24)13-12(15(21)26-5-2)8(3)17-16(22)18-13/h6-7,13,20H,4-5H2,1-3H3,(H2,17,18,22)/p-1/t13-/m0/s1. The van der Waals surface area contributed by atoms with Gasteiger partial charge in [-0.15, -0.1) is 0 Å². The van der Waals surface area contributed by atoms with Crippen molar-refractivity contribution in [1.82, 2.24) is 10.6 Å². The molecule has 1 aromatic carbocycles. The molecular weight excluding hydrogens is 346 g/mol. The maximum absolute atomic E-state index is 12.3. The van der Waals surface area contributed by atoms with E-state index in [1.165, 1.54) is 13.0 Å². The minimum absolute atomic E-state index is 0.0850. The highest BCUT2D eigenvalue weighted by molar-refractivity contribution is 5.95. The van der Waals surface area contributed by atoms with Gasteiger partial charge in [0, 0.05) is 17.5 Å². The van der Waals surface area contributed by atoms with E-state index in [-0.39, 0.29) is 35.8 Å². The molecule has 0 saturated carbocycles. The van der Waals surface area contributed by atoms with E-state index < -0.39 is 34.4 Å². The van der Waals surface area contributed by atoms with Gasteiger partial charge in [-0.05, 0) is 32.4 Å². The number of nitro groups is 1. The van der Waals surface area contributed by atoms with Crippen LogP contribution in [0.4, 0.5) is 10.5 Å². The van der Waals surface area contributed by atoms with Crippen LogP contribution in [0, 0.1) is 10.1 Å². The fourth-order valence-corrected chi connectivity index (χ4v) is 2.60. The zero-order valence-corrected chi connectivity index (χ0v) is 14.5. The monoisotopic (exact) mass is 364 g/mol. The lowest BCUT2D eigenvalue weighted by molar-refractivity contribution is -0.398. The van der Waals surface area contributed by atoms with Crippen molar-refractivity contribution in [3.63, 3.8) is 0 Å². The first-order valence-corrected chi connectivity index (χ1v) is 7.87. The van der Waals surface area contributed by atoms with Crippen LogP contribution in [-0.4, -0.2) is 30.1 Å². The van der Waals surface area contributed by atoms with Crippen molar-refractivity contribution in [3.8, 4) is 11.5 Å². The Morgan fingerprint density at radius 3 is 2.58 bits per heavy atom. The van der Waals surface area contributed by atoms with Crippen molar-refractivity contribution in [2.45, 2.75) is 26.8 Å². The Morgan fingerprint density at radius 1 is 1.31 bits per heavy atom. The van der Waals surface area contributed by atoms with Crippen molar-refractivity contribution in [3.05, 3.63) is 39.1 Å². The number of amides is 2. The number of nitrogens with zero attached hydrogens (tertiary/aromatic N) is 1. The van der Waals surface area contributed by atoms with Gasteiger partial charge in [-0.1, -0.05) is 0 Å². The number of urea groups is 1. The number of hydrogen-bond acceptors (Lipinski definition) is 7. The number of carbonyl (C=O) groups excluding carboxylic acids is 2. The normalized spacial score (nSPS) is 16.6. The first-order valence-electron chi connectivity index (χ1n) is 7.87. The molecule has 10 nitrogen and oxygen atoms in total. The average Bonchev–Trinajstić information content (AvgIpc) is 2.56. The number of esters is 1. The van der Waals surface area contributed by atoms with Crippen molar-refractivity contribution in [2.75, 3.05) is 13.2 Å². The molecule has 1 aliphatic rings. The molecule has 26 heavy (non-hydrogen) atoms. The SMILES string of the molecule is CCOC(=O)C1=C(C)NC(=O)N[C@H]1c1cc(OCC)c([O-])c([N+](=O)[O-])c1. The quantitative estimate of drug-likeness (QED) is 0.439. The van der Waals surface area contributed by atoms with E-state index in [1.807, 2.05) is 0 Å². The van der Waals surface area contributed by atoms with Crippen LogP contribution in [-0.2, 0) is 9.53 Å². The fraction of sp³-hybridized carbons (Fsp3) is 0.375. The first-order chi connectivity index (χ1) is 12.3. The Morgan fingerprint density at radius 2 is 2.00 bits per heavy atom. The molecule has 140 valence electrons. The number of rotatable bonds is 6. The van der Waals surface area contributed by atoms with Crippen LogP contribution in [0.25, 0.3) is 0 Å². The molecule has 2 N–H and O–H groups in total. The molecule has 1 heterocycles. The van der Waals surface area contributed by atoms with Gasteiger partial charge >= 0.3 is 12.0 Å². The first kappa shape index (κ1) is 19.0. The molecule has 0 aliphatic carbocycles. The summed E-state index contributed by atoms with van der Waals surface area (Å²) >= 11 is 0. The Labute approximate surface area is 148 Å². The lowest BCUT2D eigenvalue weighted by Crippen LogP contribution is -2.45. The van der Waals surface area contributed by atoms with Gasteiger partial charge in [-0.3, -0.25) is 10.1 Å². The lowest BCUT2D eigenvalue weighted by Gasteiger charge is -2.28.